The van der Waals surface area contributed by atoms with E-state index in [1.165, 1.54) is 0 Å². The number of ether oxygens (including phenoxy) is 3. The Bertz CT molecular complexity index is 1430. The molecule has 0 saturated carbocycles. The average Bonchev–Trinajstić information content (AvgIpc) is 2.89. The third kappa shape index (κ3) is 3.95. The Morgan fingerprint density at radius 3 is 1.43 bits per heavy atom. The molecule has 5 nitrogen and oxygen atoms in total. The van der Waals surface area contributed by atoms with Crippen LogP contribution < -0.4 is 14.2 Å². The highest BCUT2D eigenvalue weighted by atomic mass is 16.5. The van der Waals surface area contributed by atoms with Crippen LogP contribution in [0.15, 0.2) is 84.9 Å². The highest BCUT2D eigenvalue weighted by Gasteiger charge is 2.28. The van der Waals surface area contributed by atoms with E-state index < -0.39 is 0 Å². The molecule has 0 saturated heterocycles. The predicted molar refractivity (Wildman–Crippen MR) is 138 cm³/mol. The van der Waals surface area contributed by atoms with Gasteiger partial charge >= 0.3 is 0 Å². The summed E-state index contributed by atoms with van der Waals surface area (Å²) >= 11 is 0. The van der Waals surface area contributed by atoms with Crippen LogP contribution in [0.2, 0.25) is 0 Å². The predicted octanol–water partition coefficient (Wildman–Crippen LogP) is 6.61. The lowest BCUT2D eigenvalue weighted by atomic mass is 9.79. The van der Waals surface area contributed by atoms with Crippen molar-refractivity contribution in [3.8, 4) is 28.7 Å². The maximum atomic E-state index is 10.4. The average molecular weight is 467 g/mol. The molecule has 5 aromatic rings. The first-order chi connectivity index (χ1) is 17.0. The second kappa shape index (κ2) is 9.11. The Morgan fingerprint density at radius 1 is 0.543 bits per heavy atom. The molecular weight excluding hydrogens is 440 g/mol. The zero-order chi connectivity index (χ0) is 24.5. The van der Waals surface area contributed by atoms with Gasteiger partial charge in [-0.1, -0.05) is 36.4 Å². The van der Waals surface area contributed by atoms with E-state index in [1.54, 1.807) is 45.6 Å². The number of benzene rings is 5. The van der Waals surface area contributed by atoms with Gasteiger partial charge in [-0.2, -0.15) is 0 Å². The Balaban J connectivity index is 1.94. The SMILES string of the molecule is COc1ccc(C(c2c(OC)ccc3ccc(O)cc23)c2c(OC)ccc3ccc(O)cc23)cc1. The first kappa shape index (κ1) is 22.4. The van der Waals surface area contributed by atoms with E-state index in [0.29, 0.717) is 11.5 Å². The summed E-state index contributed by atoms with van der Waals surface area (Å²) in [5.41, 5.74) is 2.76. The van der Waals surface area contributed by atoms with E-state index in [0.717, 1.165) is 44.0 Å². The Hall–Kier alpha value is -4.38. The number of phenols is 2. The summed E-state index contributed by atoms with van der Waals surface area (Å²) in [6.07, 6.45) is 0. The van der Waals surface area contributed by atoms with Crippen LogP contribution in [0.5, 0.6) is 28.7 Å². The van der Waals surface area contributed by atoms with Crippen LogP contribution in [0.4, 0.5) is 0 Å². The Labute approximate surface area is 203 Å². The van der Waals surface area contributed by atoms with Gasteiger partial charge in [0.15, 0.2) is 0 Å². The lowest BCUT2D eigenvalue weighted by molar-refractivity contribution is 0.403. The van der Waals surface area contributed by atoms with Gasteiger partial charge in [-0.05, 0) is 75.6 Å². The van der Waals surface area contributed by atoms with Gasteiger partial charge in [0.25, 0.3) is 0 Å². The largest absolute Gasteiger partial charge is 0.508 e. The van der Waals surface area contributed by atoms with E-state index in [9.17, 15) is 10.2 Å². The van der Waals surface area contributed by atoms with Crippen molar-refractivity contribution in [2.75, 3.05) is 21.3 Å². The molecule has 5 aromatic carbocycles. The Kier molecular flexibility index (Phi) is 5.83. The monoisotopic (exact) mass is 466 g/mol. The van der Waals surface area contributed by atoms with Crippen molar-refractivity contribution >= 4 is 21.5 Å². The van der Waals surface area contributed by atoms with Gasteiger partial charge in [0.05, 0.1) is 21.3 Å². The van der Waals surface area contributed by atoms with Crippen molar-refractivity contribution in [1.29, 1.82) is 0 Å². The number of fused-ring (bicyclic) bond motifs is 2. The van der Waals surface area contributed by atoms with E-state index in [4.69, 9.17) is 14.2 Å². The summed E-state index contributed by atoms with van der Waals surface area (Å²) in [6, 6.07) is 26.4. The summed E-state index contributed by atoms with van der Waals surface area (Å²) in [5, 5.41) is 24.5. The zero-order valence-electron chi connectivity index (χ0n) is 19.8. The number of phenolic OH excluding ortho intramolecular Hbond substituents is 2. The van der Waals surface area contributed by atoms with Gasteiger partial charge in [0.2, 0.25) is 0 Å². The number of methoxy groups -OCH3 is 3. The smallest absolute Gasteiger partial charge is 0.123 e. The van der Waals surface area contributed by atoms with Gasteiger partial charge in [-0.15, -0.1) is 0 Å². The fourth-order valence-electron chi connectivity index (χ4n) is 4.85. The maximum Gasteiger partial charge on any atom is 0.123 e. The molecule has 0 aromatic heterocycles. The summed E-state index contributed by atoms with van der Waals surface area (Å²) < 4.78 is 17.2. The van der Waals surface area contributed by atoms with Crippen molar-refractivity contribution < 1.29 is 24.4 Å². The fraction of sp³-hybridized carbons (Fsp3) is 0.133. The van der Waals surface area contributed by atoms with Crippen LogP contribution in [0.3, 0.4) is 0 Å². The number of rotatable bonds is 6. The molecule has 0 spiro atoms. The fourth-order valence-corrected chi connectivity index (χ4v) is 4.85. The number of hydrogen-bond acceptors (Lipinski definition) is 5. The highest BCUT2D eigenvalue weighted by Crippen LogP contribution is 2.48. The summed E-state index contributed by atoms with van der Waals surface area (Å²) in [5.74, 6) is 2.11. The molecule has 0 unspecified atom stereocenters. The third-order valence-corrected chi connectivity index (χ3v) is 6.48. The third-order valence-electron chi connectivity index (χ3n) is 6.48. The van der Waals surface area contributed by atoms with Crippen molar-refractivity contribution in [2.24, 2.45) is 0 Å². The minimum absolute atomic E-state index is 0.169. The molecule has 0 heterocycles. The Morgan fingerprint density at radius 2 is 1.00 bits per heavy atom. The van der Waals surface area contributed by atoms with Crippen LogP contribution in [0.25, 0.3) is 21.5 Å². The van der Waals surface area contributed by atoms with Crippen LogP contribution in [0, 0.1) is 0 Å². The van der Waals surface area contributed by atoms with E-state index in [-0.39, 0.29) is 17.4 Å². The van der Waals surface area contributed by atoms with Gasteiger partial charge in [0, 0.05) is 17.0 Å². The van der Waals surface area contributed by atoms with Gasteiger partial charge < -0.3 is 24.4 Å². The quantitative estimate of drug-likeness (QED) is 0.276. The lowest BCUT2D eigenvalue weighted by Gasteiger charge is -2.26. The van der Waals surface area contributed by atoms with Crippen molar-refractivity contribution in [1.82, 2.24) is 0 Å². The van der Waals surface area contributed by atoms with Crippen molar-refractivity contribution in [3.05, 3.63) is 102 Å². The second-order valence-electron chi connectivity index (χ2n) is 8.38. The maximum absolute atomic E-state index is 10.4. The van der Waals surface area contributed by atoms with Crippen LogP contribution >= 0.6 is 0 Å². The van der Waals surface area contributed by atoms with Crippen LogP contribution in [0.1, 0.15) is 22.6 Å². The second-order valence-corrected chi connectivity index (χ2v) is 8.38. The van der Waals surface area contributed by atoms with Crippen molar-refractivity contribution in [2.45, 2.75) is 5.92 Å². The minimum Gasteiger partial charge on any atom is -0.508 e. The van der Waals surface area contributed by atoms with E-state index in [1.807, 2.05) is 60.7 Å². The van der Waals surface area contributed by atoms with E-state index in [2.05, 4.69) is 0 Å². The molecule has 35 heavy (non-hydrogen) atoms. The van der Waals surface area contributed by atoms with Gasteiger partial charge in [0.1, 0.15) is 28.7 Å². The molecule has 0 amide bonds. The molecule has 0 atom stereocenters. The summed E-state index contributed by atoms with van der Waals surface area (Å²) in [7, 11) is 4.93. The molecule has 0 fully saturated rings. The summed E-state index contributed by atoms with van der Waals surface area (Å²) in [4.78, 5) is 0. The minimum atomic E-state index is -0.346. The molecule has 0 aliphatic carbocycles. The first-order valence-electron chi connectivity index (χ1n) is 11.3. The summed E-state index contributed by atoms with van der Waals surface area (Å²) in [6.45, 7) is 0. The molecular formula is C30H26O5. The molecule has 0 aliphatic rings. The molecule has 0 bridgehead atoms. The molecule has 5 heteroatoms. The topological polar surface area (TPSA) is 68.2 Å². The van der Waals surface area contributed by atoms with Gasteiger partial charge in [-0.3, -0.25) is 0 Å². The molecule has 5 rings (SSSR count). The number of aromatic hydroxyl groups is 2. The van der Waals surface area contributed by atoms with E-state index >= 15 is 0 Å². The molecule has 176 valence electrons. The number of hydrogen-bond donors (Lipinski definition) is 2. The van der Waals surface area contributed by atoms with Crippen LogP contribution in [-0.2, 0) is 0 Å². The first-order valence-corrected chi connectivity index (χ1v) is 11.3. The van der Waals surface area contributed by atoms with Gasteiger partial charge in [-0.25, -0.2) is 0 Å². The molecule has 2 N–H and O–H groups in total. The normalized spacial score (nSPS) is 11.2. The van der Waals surface area contributed by atoms with Crippen LogP contribution in [-0.4, -0.2) is 31.5 Å². The highest BCUT2D eigenvalue weighted by molar-refractivity contribution is 5.94. The van der Waals surface area contributed by atoms with Crippen molar-refractivity contribution in [3.63, 3.8) is 0 Å². The molecule has 0 aliphatic heterocycles. The molecule has 0 radical (unpaired) electrons. The lowest BCUT2D eigenvalue weighted by Crippen LogP contribution is -2.09. The standard InChI is InChI=1S/C30H26O5/c1-33-23-12-6-20(7-13-23)28(29-24-16-21(31)10-4-18(24)8-14-26(29)34-2)30-25-17-22(32)11-5-19(25)9-15-27(30)35-3/h4-17,28,31-32H,1-3H3. The zero-order valence-corrected chi connectivity index (χ0v) is 19.8.